The molecule has 0 bridgehead atoms. The van der Waals surface area contributed by atoms with Crippen molar-refractivity contribution in [3.05, 3.63) is 106 Å². The van der Waals surface area contributed by atoms with Crippen LogP contribution in [0, 0.1) is 0 Å². The lowest BCUT2D eigenvalue weighted by Crippen LogP contribution is -2.36. The number of imide groups is 1. The number of amides is 3. The summed E-state index contributed by atoms with van der Waals surface area (Å²) in [6, 6.07) is 20.8. The first-order chi connectivity index (χ1) is 18.7. The van der Waals surface area contributed by atoms with Crippen LogP contribution in [0.5, 0.6) is 0 Å². The van der Waals surface area contributed by atoms with Crippen molar-refractivity contribution in [1.82, 2.24) is 4.90 Å². The Labute approximate surface area is 230 Å². The van der Waals surface area contributed by atoms with Gasteiger partial charge in [-0.3, -0.25) is 14.4 Å². The number of carbonyl (C=O) groups is 4. The minimum absolute atomic E-state index is 0.117. The summed E-state index contributed by atoms with van der Waals surface area (Å²) in [6.07, 6.45) is 0.460. The number of ether oxygens (including phenoxy) is 1. The van der Waals surface area contributed by atoms with E-state index < -0.39 is 17.8 Å². The third-order valence-electron chi connectivity index (χ3n) is 6.51. The first kappa shape index (κ1) is 26.2. The highest BCUT2D eigenvalue weighted by Crippen LogP contribution is 2.31. The zero-order valence-electron chi connectivity index (χ0n) is 21.4. The molecule has 9 heteroatoms. The number of benzene rings is 3. The third kappa shape index (κ3) is 5.28. The zero-order chi connectivity index (χ0) is 27.7. The SMILES string of the molecule is CC(C)OC(=O)c1cccc(N2C(=O)C(Cl)=C(Nc3cccc(C(=O)N4CCc5ccccc5C4)c3)C2=O)c1. The Balaban J connectivity index is 1.33. The number of carbonyl (C=O) groups excluding carboxylic acids is 4. The fraction of sp³-hybridized carbons (Fsp3) is 0.200. The van der Waals surface area contributed by atoms with E-state index in [0.717, 1.165) is 16.9 Å². The zero-order valence-corrected chi connectivity index (χ0v) is 22.2. The maximum absolute atomic E-state index is 13.3. The van der Waals surface area contributed by atoms with Crippen LogP contribution in [-0.2, 0) is 27.3 Å². The van der Waals surface area contributed by atoms with Crippen molar-refractivity contribution in [2.75, 3.05) is 16.8 Å². The smallest absolute Gasteiger partial charge is 0.338 e. The molecular weight excluding hydrogens is 518 g/mol. The Hall–Kier alpha value is -4.43. The third-order valence-corrected chi connectivity index (χ3v) is 6.86. The van der Waals surface area contributed by atoms with Crippen molar-refractivity contribution >= 4 is 46.7 Å². The second-order valence-electron chi connectivity index (χ2n) is 9.59. The number of hydrogen-bond acceptors (Lipinski definition) is 6. The molecule has 198 valence electrons. The average molecular weight is 544 g/mol. The molecule has 0 atom stereocenters. The van der Waals surface area contributed by atoms with Crippen LogP contribution in [-0.4, -0.2) is 41.2 Å². The molecule has 3 aromatic carbocycles. The summed E-state index contributed by atoms with van der Waals surface area (Å²) in [7, 11) is 0. The van der Waals surface area contributed by atoms with Gasteiger partial charge in [-0.1, -0.05) is 48.0 Å². The molecule has 2 heterocycles. The van der Waals surface area contributed by atoms with Gasteiger partial charge in [0.25, 0.3) is 17.7 Å². The molecule has 39 heavy (non-hydrogen) atoms. The highest BCUT2D eigenvalue weighted by atomic mass is 35.5. The Bertz CT molecular complexity index is 1530. The van der Waals surface area contributed by atoms with Crippen molar-refractivity contribution < 1.29 is 23.9 Å². The molecule has 3 amide bonds. The van der Waals surface area contributed by atoms with E-state index in [1.54, 1.807) is 49.1 Å². The Morgan fingerprint density at radius 2 is 1.62 bits per heavy atom. The van der Waals surface area contributed by atoms with Crippen LogP contribution in [0.3, 0.4) is 0 Å². The van der Waals surface area contributed by atoms with Crippen LogP contribution in [0.4, 0.5) is 11.4 Å². The topological polar surface area (TPSA) is 96.0 Å². The van der Waals surface area contributed by atoms with E-state index in [1.165, 1.54) is 23.8 Å². The molecule has 0 fully saturated rings. The molecule has 0 saturated carbocycles. The highest BCUT2D eigenvalue weighted by molar-refractivity contribution is 6.53. The van der Waals surface area contributed by atoms with Gasteiger partial charge in [-0.15, -0.1) is 0 Å². The quantitative estimate of drug-likeness (QED) is 0.351. The molecule has 3 aromatic rings. The van der Waals surface area contributed by atoms with Crippen molar-refractivity contribution in [1.29, 1.82) is 0 Å². The van der Waals surface area contributed by atoms with Crippen molar-refractivity contribution in [2.24, 2.45) is 0 Å². The molecule has 0 spiro atoms. The number of halogens is 1. The summed E-state index contributed by atoms with van der Waals surface area (Å²) < 4.78 is 5.21. The number of rotatable bonds is 6. The van der Waals surface area contributed by atoms with Gasteiger partial charge in [0.05, 0.1) is 17.4 Å². The van der Waals surface area contributed by atoms with Gasteiger partial charge in [-0.2, -0.15) is 0 Å². The molecule has 0 unspecified atom stereocenters. The van der Waals surface area contributed by atoms with Gasteiger partial charge in [0.2, 0.25) is 0 Å². The summed E-state index contributed by atoms with van der Waals surface area (Å²) in [5.41, 5.74) is 3.52. The van der Waals surface area contributed by atoms with E-state index in [-0.39, 0.29) is 34.0 Å². The summed E-state index contributed by atoms with van der Waals surface area (Å²) in [5, 5.41) is 2.63. The van der Waals surface area contributed by atoms with E-state index in [1.807, 2.05) is 18.2 Å². The highest BCUT2D eigenvalue weighted by Gasteiger charge is 2.39. The number of nitrogens with one attached hydrogen (secondary N) is 1. The second kappa shape index (κ2) is 10.7. The lowest BCUT2D eigenvalue weighted by molar-refractivity contribution is -0.120. The molecule has 0 radical (unpaired) electrons. The van der Waals surface area contributed by atoms with Gasteiger partial charge in [0.1, 0.15) is 10.7 Å². The van der Waals surface area contributed by atoms with Gasteiger partial charge >= 0.3 is 5.97 Å². The average Bonchev–Trinajstić information content (AvgIpc) is 3.15. The van der Waals surface area contributed by atoms with E-state index in [2.05, 4.69) is 11.4 Å². The minimum Gasteiger partial charge on any atom is -0.459 e. The van der Waals surface area contributed by atoms with E-state index >= 15 is 0 Å². The minimum atomic E-state index is -0.724. The van der Waals surface area contributed by atoms with Crippen LogP contribution >= 0.6 is 11.6 Å². The fourth-order valence-electron chi connectivity index (χ4n) is 4.63. The summed E-state index contributed by atoms with van der Waals surface area (Å²) in [4.78, 5) is 54.5. The van der Waals surface area contributed by atoms with Gasteiger partial charge in [0, 0.05) is 24.3 Å². The molecule has 0 aromatic heterocycles. The fourth-order valence-corrected chi connectivity index (χ4v) is 4.84. The first-order valence-electron chi connectivity index (χ1n) is 12.6. The van der Waals surface area contributed by atoms with Gasteiger partial charge < -0.3 is 15.0 Å². The monoisotopic (exact) mass is 543 g/mol. The van der Waals surface area contributed by atoms with E-state index in [0.29, 0.717) is 24.3 Å². The summed E-state index contributed by atoms with van der Waals surface area (Å²) >= 11 is 6.30. The maximum atomic E-state index is 13.3. The van der Waals surface area contributed by atoms with Gasteiger partial charge in [-0.05, 0) is 67.8 Å². The standard InChI is InChI=1S/C30H26ClN3O5/c1-18(2)39-30(38)21-10-6-12-24(16-21)34-28(36)25(31)26(29(34)37)32-23-11-5-9-20(15-23)27(35)33-14-13-19-7-3-4-8-22(19)17-33/h3-12,15-16,18,32H,13-14,17H2,1-2H3. The Morgan fingerprint density at radius 1 is 0.897 bits per heavy atom. The maximum Gasteiger partial charge on any atom is 0.338 e. The van der Waals surface area contributed by atoms with Gasteiger partial charge in [0.15, 0.2) is 0 Å². The number of nitrogens with zero attached hydrogens (tertiary/aromatic N) is 2. The number of esters is 1. The first-order valence-corrected chi connectivity index (χ1v) is 12.9. The van der Waals surface area contributed by atoms with E-state index in [4.69, 9.17) is 16.3 Å². The Morgan fingerprint density at radius 3 is 2.38 bits per heavy atom. The summed E-state index contributed by atoms with van der Waals surface area (Å²) in [6.45, 7) is 4.58. The number of hydrogen-bond donors (Lipinski definition) is 1. The molecule has 8 nitrogen and oxygen atoms in total. The molecule has 0 aliphatic carbocycles. The number of fused-ring (bicyclic) bond motifs is 1. The van der Waals surface area contributed by atoms with Crippen LogP contribution in [0.1, 0.15) is 45.7 Å². The van der Waals surface area contributed by atoms with E-state index in [9.17, 15) is 19.2 Å². The molecule has 1 N–H and O–H groups in total. The lowest BCUT2D eigenvalue weighted by atomic mass is 9.99. The molecular formula is C30H26ClN3O5. The van der Waals surface area contributed by atoms with Gasteiger partial charge in [-0.25, -0.2) is 9.69 Å². The number of anilines is 2. The Kier molecular flexibility index (Phi) is 7.21. The molecule has 5 rings (SSSR count). The van der Waals surface area contributed by atoms with Crippen molar-refractivity contribution in [3.8, 4) is 0 Å². The molecule has 0 saturated heterocycles. The van der Waals surface area contributed by atoms with Crippen LogP contribution in [0.25, 0.3) is 0 Å². The normalized spacial score (nSPS) is 15.1. The van der Waals surface area contributed by atoms with Crippen molar-refractivity contribution in [2.45, 2.75) is 32.9 Å². The molecule has 2 aliphatic heterocycles. The lowest BCUT2D eigenvalue weighted by Gasteiger charge is -2.29. The van der Waals surface area contributed by atoms with Crippen LogP contribution in [0.2, 0.25) is 0 Å². The predicted octanol–water partition coefficient (Wildman–Crippen LogP) is 4.89. The van der Waals surface area contributed by atoms with Crippen LogP contribution in [0.15, 0.2) is 83.5 Å². The second-order valence-corrected chi connectivity index (χ2v) is 9.97. The summed E-state index contributed by atoms with van der Waals surface area (Å²) in [5.74, 6) is -2.10. The predicted molar refractivity (Wildman–Crippen MR) is 147 cm³/mol. The van der Waals surface area contributed by atoms with Crippen LogP contribution < -0.4 is 10.2 Å². The molecule has 2 aliphatic rings. The van der Waals surface area contributed by atoms with Crippen molar-refractivity contribution in [3.63, 3.8) is 0 Å². The largest absolute Gasteiger partial charge is 0.459 e.